The molecule has 0 radical (unpaired) electrons. The minimum atomic E-state index is 0.00309. The molecular weight excluding hydrogens is 510 g/mol. The van der Waals surface area contributed by atoms with Crippen LogP contribution in [0.25, 0.3) is 66.1 Å². The molecule has 0 aliphatic heterocycles. The predicted octanol–water partition coefficient (Wildman–Crippen LogP) is 10.2. The first-order chi connectivity index (χ1) is 20.5. The van der Waals surface area contributed by atoms with Gasteiger partial charge in [-0.2, -0.15) is 0 Å². The number of rotatable bonds is 3. The van der Waals surface area contributed by atoms with Crippen LogP contribution in [0.5, 0.6) is 0 Å². The van der Waals surface area contributed by atoms with E-state index in [0.717, 1.165) is 22.5 Å². The van der Waals surface area contributed by atoms with Crippen LogP contribution in [-0.4, -0.2) is 14.1 Å². The van der Waals surface area contributed by atoms with Gasteiger partial charge in [-0.05, 0) is 65.1 Å². The zero-order valence-corrected chi connectivity index (χ0v) is 24.0. The fourth-order valence-electron chi connectivity index (χ4n) is 6.43. The summed E-state index contributed by atoms with van der Waals surface area (Å²) in [5.41, 5.74) is 10.5. The van der Waals surface area contributed by atoms with Gasteiger partial charge in [0, 0.05) is 50.9 Å². The maximum atomic E-state index is 4.70. The SMILES string of the molecule is CC(C)(C)c1cncc(-c2cc(-n3c4ccccc4c4ccccc43)cc(-n3c4ccccc4c4ccccc43)c2)c1. The van der Waals surface area contributed by atoms with Gasteiger partial charge in [0.25, 0.3) is 0 Å². The third kappa shape index (κ3) is 3.77. The molecule has 3 aromatic heterocycles. The molecule has 3 heteroatoms. The summed E-state index contributed by atoms with van der Waals surface area (Å²) in [7, 11) is 0. The molecule has 0 aliphatic rings. The molecule has 0 N–H and O–H groups in total. The summed E-state index contributed by atoms with van der Waals surface area (Å²) in [5, 5.41) is 5.03. The summed E-state index contributed by atoms with van der Waals surface area (Å²) in [6.45, 7) is 6.73. The lowest BCUT2D eigenvalue weighted by Crippen LogP contribution is -2.11. The van der Waals surface area contributed by atoms with E-state index >= 15 is 0 Å². The zero-order valence-electron chi connectivity index (χ0n) is 24.0. The van der Waals surface area contributed by atoms with E-state index in [2.05, 4.69) is 151 Å². The number of benzene rings is 5. The van der Waals surface area contributed by atoms with Gasteiger partial charge < -0.3 is 9.13 Å². The van der Waals surface area contributed by atoms with Gasteiger partial charge >= 0.3 is 0 Å². The Morgan fingerprint density at radius 3 is 1.26 bits per heavy atom. The van der Waals surface area contributed by atoms with Crippen LogP contribution < -0.4 is 0 Å². The monoisotopic (exact) mass is 541 g/mol. The van der Waals surface area contributed by atoms with Crippen molar-refractivity contribution in [1.29, 1.82) is 0 Å². The van der Waals surface area contributed by atoms with Crippen molar-refractivity contribution in [2.45, 2.75) is 26.2 Å². The highest BCUT2D eigenvalue weighted by Gasteiger charge is 2.19. The first-order valence-corrected chi connectivity index (χ1v) is 14.6. The third-order valence-electron chi connectivity index (χ3n) is 8.52. The minimum Gasteiger partial charge on any atom is -0.309 e. The van der Waals surface area contributed by atoms with Gasteiger partial charge in [-0.1, -0.05) is 93.6 Å². The van der Waals surface area contributed by atoms with Gasteiger partial charge in [0.15, 0.2) is 0 Å². The molecular formula is C39H31N3. The highest BCUT2D eigenvalue weighted by Crippen LogP contribution is 2.38. The van der Waals surface area contributed by atoms with E-state index in [4.69, 9.17) is 4.98 Å². The first kappa shape index (κ1) is 24.6. The quantitative estimate of drug-likeness (QED) is 0.218. The molecule has 0 bridgehead atoms. The predicted molar refractivity (Wildman–Crippen MR) is 177 cm³/mol. The van der Waals surface area contributed by atoms with Crippen LogP contribution in [0.1, 0.15) is 26.3 Å². The van der Waals surface area contributed by atoms with Crippen LogP contribution in [0.3, 0.4) is 0 Å². The number of pyridine rings is 1. The molecule has 0 atom stereocenters. The smallest absolute Gasteiger partial charge is 0.0541 e. The standard InChI is InChI=1S/C39H31N3/c1-39(2,3)28-20-27(24-40-25-28)26-21-29(41-35-16-8-4-12-31(35)32-13-5-9-17-36(32)41)23-30(22-26)42-37-18-10-6-14-33(37)34-15-7-11-19-38(34)42/h4-25H,1-3H3. The molecule has 8 rings (SSSR count). The molecule has 0 fully saturated rings. The van der Waals surface area contributed by atoms with Gasteiger partial charge in [0.2, 0.25) is 0 Å². The van der Waals surface area contributed by atoms with Crippen molar-refractivity contribution in [3.05, 3.63) is 139 Å². The summed E-state index contributed by atoms with van der Waals surface area (Å²) in [6, 6.07) is 44.1. The van der Waals surface area contributed by atoms with Crippen molar-refractivity contribution < 1.29 is 0 Å². The summed E-state index contributed by atoms with van der Waals surface area (Å²) >= 11 is 0. The van der Waals surface area contributed by atoms with Crippen molar-refractivity contribution in [2.24, 2.45) is 0 Å². The highest BCUT2D eigenvalue weighted by molar-refractivity contribution is 6.10. The highest BCUT2D eigenvalue weighted by atomic mass is 15.0. The molecule has 0 aliphatic carbocycles. The normalized spacial score (nSPS) is 12.2. The molecule has 202 valence electrons. The number of fused-ring (bicyclic) bond motifs is 6. The third-order valence-corrected chi connectivity index (χ3v) is 8.52. The van der Waals surface area contributed by atoms with Crippen LogP contribution in [0, 0.1) is 0 Å². The van der Waals surface area contributed by atoms with Crippen molar-refractivity contribution >= 4 is 43.6 Å². The Bertz CT molecular complexity index is 2050. The fourth-order valence-corrected chi connectivity index (χ4v) is 6.43. The number of aromatic nitrogens is 3. The van der Waals surface area contributed by atoms with Crippen molar-refractivity contribution in [2.75, 3.05) is 0 Å². The van der Waals surface area contributed by atoms with E-state index < -0.39 is 0 Å². The Morgan fingerprint density at radius 2 is 0.857 bits per heavy atom. The Hall–Kier alpha value is -5.15. The largest absolute Gasteiger partial charge is 0.309 e. The number of hydrogen-bond acceptors (Lipinski definition) is 1. The first-order valence-electron chi connectivity index (χ1n) is 14.6. The van der Waals surface area contributed by atoms with Gasteiger partial charge in [0.1, 0.15) is 0 Å². The molecule has 42 heavy (non-hydrogen) atoms. The van der Waals surface area contributed by atoms with E-state index in [1.165, 1.54) is 49.2 Å². The van der Waals surface area contributed by atoms with Gasteiger partial charge in [-0.3, -0.25) is 4.98 Å². The molecule has 0 spiro atoms. The molecule has 5 aromatic carbocycles. The van der Waals surface area contributed by atoms with Crippen molar-refractivity contribution in [3.8, 4) is 22.5 Å². The van der Waals surface area contributed by atoms with Crippen LogP contribution >= 0.6 is 0 Å². The van der Waals surface area contributed by atoms with Gasteiger partial charge in [-0.25, -0.2) is 0 Å². The maximum absolute atomic E-state index is 4.70. The Kier molecular flexibility index (Phi) is 5.39. The maximum Gasteiger partial charge on any atom is 0.0541 e. The van der Waals surface area contributed by atoms with Crippen molar-refractivity contribution in [1.82, 2.24) is 14.1 Å². The Balaban J connectivity index is 1.49. The Morgan fingerprint density at radius 1 is 0.452 bits per heavy atom. The number of hydrogen-bond donors (Lipinski definition) is 0. The summed E-state index contributed by atoms with van der Waals surface area (Å²) < 4.78 is 4.82. The zero-order chi connectivity index (χ0) is 28.4. The second-order valence-electron chi connectivity index (χ2n) is 12.2. The molecule has 0 saturated heterocycles. The molecule has 3 heterocycles. The van der Waals surface area contributed by atoms with E-state index in [9.17, 15) is 0 Å². The molecule has 8 aromatic rings. The van der Waals surface area contributed by atoms with Crippen LogP contribution in [-0.2, 0) is 5.41 Å². The van der Waals surface area contributed by atoms with E-state index in [-0.39, 0.29) is 5.41 Å². The van der Waals surface area contributed by atoms with Crippen molar-refractivity contribution in [3.63, 3.8) is 0 Å². The molecule has 3 nitrogen and oxygen atoms in total. The average molecular weight is 542 g/mol. The van der Waals surface area contributed by atoms with Crippen LogP contribution in [0.2, 0.25) is 0 Å². The molecule has 0 saturated carbocycles. The lowest BCUT2D eigenvalue weighted by Gasteiger charge is -2.20. The Labute approximate surface area is 245 Å². The molecule has 0 unspecified atom stereocenters. The van der Waals surface area contributed by atoms with Crippen LogP contribution in [0.4, 0.5) is 0 Å². The minimum absolute atomic E-state index is 0.00309. The summed E-state index contributed by atoms with van der Waals surface area (Å²) in [6.07, 6.45) is 3.99. The topological polar surface area (TPSA) is 22.8 Å². The second-order valence-corrected chi connectivity index (χ2v) is 12.2. The summed E-state index contributed by atoms with van der Waals surface area (Å²) in [5.74, 6) is 0. The molecule has 0 amide bonds. The number of nitrogens with zero attached hydrogens (tertiary/aromatic N) is 3. The van der Waals surface area contributed by atoms with Crippen LogP contribution in [0.15, 0.2) is 134 Å². The van der Waals surface area contributed by atoms with Gasteiger partial charge in [0.05, 0.1) is 22.1 Å². The average Bonchev–Trinajstić information content (AvgIpc) is 3.54. The lowest BCUT2D eigenvalue weighted by atomic mass is 9.87. The second kappa shape index (κ2) is 9.19. The fraction of sp³-hybridized carbons (Fsp3) is 0.103. The lowest BCUT2D eigenvalue weighted by molar-refractivity contribution is 0.588. The van der Waals surface area contributed by atoms with E-state index in [1.54, 1.807) is 0 Å². The van der Waals surface area contributed by atoms with E-state index in [1.807, 2.05) is 12.4 Å². The van der Waals surface area contributed by atoms with Gasteiger partial charge in [-0.15, -0.1) is 0 Å². The summed E-state index contributed by atoms with van der Waals surface area (Å²) in [4.78, 5) is 4.70. The number of para-hydroxylation sites is 4. The van der Waals surface area contributed by atoms with E-state index in [0.29, 0.717) is 0 Å².